The number of sulfone groups is 1. The first-order valence-electron chi connectivity index (χ1n) is 6.59. The number of aromatic nitrogens is 1. The minimum absolute atomic E-state index is 0.134. The summed E-state index contributed by atoms with van der Waals surface area (Å²) in [5.74, 6) is 0.0738. The Bertz CT molecular complexity index is 783. The normalized spacial score (nSPS) is 15.6. The van der Waals surface area contributed by atoms with Crippen molar-refractivity contribution >= 4 is 31.7 Å². The smallest absolute Gasteiger partial charge is 0.255 e. The van der Waals surface area contributed by atoms with E-state index in [4.69, 9.17) is 4.42 Å². The summed E-state index contributed by atoms with van der Waals surface area (Å²) < 4.78 is 30.2. The molecule has 3 heterocycles. The third kappa shape index (κ3) is 3.07. The number of hydrogen-bond donors (Lipinski definition) is 0. The van der Waals surface area contributed by atoms with Crippen molar-refractivity contribution in [2.24, 2.45) is 0 Å². The van der Waals surface area contributed by atoms with Gasteiger partial charge in [0.25, 0.3) is 5.91 Å². The van der Waals surface area contributed by atoms with E-state index in [0.717, 1.165) is 0 Å². The van der Waals surface area contributed by atoms with Gasteiger partial charge >= 0.3 is 0 Å². The Morgan fingerprint density at radius 3 is 2.82 bits per heavy atom. The molecule has 0 spiro atoms. The Hall–Kier alpha value is -1.67. The molecular formula is C14H13BrN2O4S. The van der Waals surface area contributed by atoms with Gasteiger partial charge in [-0.05, 0) is 34.1 Å². The van der Waals surface area contributed by atoms with E-state index < -0.39 is 15.1 Å². The molecular weight excluding hydrogens is 372 g/mol. The molecule has 1 saturated heterocycles. The number of nitrogens with zero attached hydrogens (tertiary/aromatic N) is 2. The van der Waals surface area contributed by atoms with Crippen LogP contribution in [0.4, 0.5) is 0 Å². The number of hydrogen-bond acceptors (Lipinski definition) is 5. The fourth-order valence-corrected chi connectivity index (χ4v) is 4.23. The molecule has 1 amide bonds. The Balaban J connectivity index is 1.63. The first kappa shape index (κ1) is 15.2. The zero-order valence-electron chi connectivity index (χ0n) is 11.5. The lowest BCUT2D eigenvalue weighted by Crippen LogP contribution is -2.57. The summed E-state index contributed by atoms with van der Waals surface area (Å²) in [7, 11) is -3.32. The third-order valence-corrected chi connectivity index (χ3v) is 5.95. The van der Waals surface area contributed by atoms with Gasteiger partial charge < -0.3 is 9.32 Å². The molecule has 2 aromatic rings. The van der Waals surface area contributed by atoms with Gasteiger partial charge in [-0.3, -0.25) is 9.78 Å². The third-order valence-electron chi connectivity index (χ3n) is 3.52. The van der Waals surface area contributed by atoms with Crippen LogP contribution in [0.5, 0.6) is 0 Å². The topological polar surface area (TPSA) is 80.5 Å². The number of rotatable bonds is 4. The number of carbonyl (C=O) groups is 1. The van der Waals surface area contributed by atoms with E-state index in [0.29, 0.717) is 15.8 Å². The standard InChI is InChI=1S/C14H13BrN2O4S/c15-11-4-10(5-16-6-11)14(18)17-7-13(8-17)22(19,20)9-12-2-1-3-21-12/h1-6,13H,7-9H2. The molecule has 8 heteroatoms. The summed E-state index contributed by atoms with van der Waals surface area (Å²) in [6, 6.07) is 4.95. The molecule has 0 saturated carbocycles. The molecule has 1 fully saturated rings. The van der Waals surface area contributed by atoms with Crippen molar-refractivity contribution in [2.45, 2.75) is 11.0 Å². The lowest BCUT2D eigenvalue weighted by Gasteiger charge is -2.38. The van der Waals surface area contributed by atoms with Gasteiger partial charge in [0, 0.05) is 30.0 Å². The lowest BCUT2D eigenvalue weighted by molar-refractivity contribution is 0.0658. The Morgan fingerprint density at radius 1 is 1.41 bits per heavy atom. The lowest BCUT2D eigenvalue weighted by atomic mass is 10.1. The molecule has 116 valence electrons. The highest BCUT2D eigenvalue weighted by Crippen LogP contribution is 2.23. The first-order valence-corrected chi connectivity index (χ1v) is 9.10. The van der Waals surface area contributed by atoms with Crippen LogP contribution in [0.15, 0.2) is 45.7 Å². The number of furan rings is 1. The summed E-state index contributed by atoms with van der Waals surface area (Å²) in [4.78, 5) is 17.7. The highest BCUT2D eigenvalue weighted by Gasteiger charge is 2.40. The molecule has 2 aromatic heterocycles. The van der Waals surface area contributed by atoms with Crippen molar-refractivity contribution in [3.63, 3.8) is 0 Å². The molecule has 0 aromatic carbocycles. The number of pyridine rings is 1. The van der Waals surface area contributed by atoms with Gasteiger partial charge in [-0.15, -0.1) is 0 Å². The zero-order chi connectivity index (χ0) is 15.7. The molecule has 6 nitrogen and oxygen atoms in total. The second-order valence-corrected chi connectivity index (χ2v) is 8.31. The molecule has 0 N–H and O–H groups in total. The van der Waals surface area contributed by atoms with Crippen LogP contribution < -0.4 is 0 Å². The molecule has 22 heavy (non-hydrogen) atoms. The predicted octanol–water partition coefficient (Wildman–Crippen LogP) is 1.88. The van der Waals surface area contributed by atoms with E-state index in [9.17, 15) is 13.2 Å². The van der Waals surface area contributed by atoms with E-state index in [1.54, 1.807) is 24.4 Å². The average Bonchev–Trinajstić information content (AvgIpc) is 2.88. The molecule has 0 aliphatic carbocycles. The summed E-state index contributed by atoms with van der Waals surface area (Å²) in [6.07, 6.45) is 4.50. The van der Waals surface area contributed by atoms with E-state index in [1.165, 1.54) is 17.4 Å². The number of amides is 1. The van der Waals surface area contributed by atoms with Gasteiger partial charge in [0.1, 0.15) is 11.5 Å². The van der Waals surface area contributed by atoms with Gasteiger partial charge in [0.05, 0.1) is 17.1 Å². The van der Waals surface area contributed by atoms with E-state index in [-0.39, 0.29) is 24.7 Å². The highest BCUT2D eigenvalue weighted by molar-refractivity contribution is 9.10. The van der Waals surface area contributed by atoms with Crippen LogP contribution in [-0.4, -0.2) is 42.5 Å². The quantitative estimate of drug-likeness (QED) is 0.803. The molecule has 0 radical (unpaired) electrons. The van der Waals surface area contributed by atoms with Crippen LogP contribution in [0.2, 0.25) is 0 Å². The Morgan fingerprint density at radius 2 is 2.18 bits per heavy atom. The Labute approximate surface area is 136 Å². The van der Waals surface area contributed by atoms with E-state index in [2.05, 4.69) is 20.9 Å². The van der Waals surface area contributed by atoms with Crippen molar-refractivity contribution in [3.8, 4) is 0 Å². The summed E-state index contributed by atoms with van der Waals surface area (Å²) in [5, 5.41) is -0.540. The monoisotopic (exact) mass is 384 g/mol. The maximum absolute atomic E-state index is 12.2. The second kappa shape index (κ2) is 5.85. The minimum Gasteiger partial charge on any atom is -0.468 e. The maximum atomic E-state index is 12.2. The van der Waals surface area contributed by atoms with Crippen LogP contribution in [-0.2, 0) is 15.6 Å². The van der Waals surface area contributed by atoms with Crippen molar-refractivity contribution in [3.05, 3.63) is 52.7 Å². The van der Waals surface area contributed by atoms with Gasteiger partial charge in [-0.25, -0.2) is 8.42 Å². The van der Waals surface area contributed by atoms with Crippen LogP contribution in [0.25, 0.3) is 0 Å². The van der Waals surface area contributed by atoms with Crippen LogP contribution >= 0.6 is 15.9 Å². The molecule has 1 aliphatic rings. The summed E-state index contributed by atoms with van der Waals surface area (Å²) in [5.41, 5.74) is 0.441. The average molecular weight is 385 g/mol. The predicted molar refractivity (Wildman–Crippen MR) is 83.0 cm³/mol. The summed E-state index contributed by atoms with van der Waals surface area (Å²) >= 11 is 3.26. The highest BCUT2D eigenvalue weighted by atomic mass is 79.9. The SMILES string of the molecule is O=C(c1cncc(Br)c1)N1CC(S(=O)(=O)Cc2ccco2)C1. The Kier molecular flexibility index (Phi) is 4.05. The van der Waals surface area contributed by atoms with E-state index in [1.807, 2.05) is 0 Å². The van der Waals surface area contributed by atoms with Gasteiger partial charge in [-0.1, -0.05) is 0 Å². The first-order chi connectivity index (χ1) is 10.5. The van der Waals surface area contributed by atoms with Crippen molar-refractivity contribution in [2.75, 3.05) is 13.1 Å². The number of likely N-dealkylation sites (tertiary alicyclic amines) is 1. The molecule has 0 bridgehead atoms. The fraction of sp³-hybridized carbons (Fsp3) is 0.286. The van der Waals surface area contributed by atoms with Crippen LogP contribution in [0.3, 0.4) is 0 Å². The van der Waals surface area contributed by atoms with Crippen molar-refractivity contribution in [1.29, 1.82) is 0 Å². The largest absolute Gasteiger partial charge is 0.468 e. The minimum atomic E-state index is -3.32. The number of carbonyl (C=O) groups excluding carboxylic acids is 1. The molecule has 3 rings (SSSR count). The molecule has 1 aliphatic heterocycles. The van der Waals surface area contributed by atoms with E-state index >= 15 is 0 Å². The van der Waals surface area contributed by atoms with Crippen molar-refractivity contribution < 1.29 is 17.6 Å². The fourth-order valence-electron chi connectivity index (χ4n) is 2.25. The van der Waals surface area contributed by atoms with Gasteiger partial charge in [0.2, 0.25) is 0 Å². The molecule has 0 unspecified atom stereocenters. The summed E-state index contributed by atoms with van der Waals surface area (Å²) in [6.45, 7) is 0.406. The zero-order valence-corrected chi connectivity index (χ0v) is 13.9. The second-order valence-electron chi connectivity index (χ2n) is 5.11. The number of halogens is 1. The molecule has 0 atom stereocenters. The maximum Gasteiger partial charge on any atom is 0.255 e. The van der Waals surface area contributed by atoms with Crippen LogP contribution in [0.1, 0.15) is 16.1 Å². The van der Waals surface area contributed by atoms with Gasteiger partial charge in [-0.2, -0.15) is 0 Å². The van der Waals surface area contributed by atoms with Crippen LogP contribution in [0, 0.1) is 0 Å². The van der Waals surface area contributed by atoms with Crippen molar-refractivity contribution in [1.82, 2.24) is 9.88 Å². The van der Waals surface area contributed by atoms with Gasteiger partial charge in [0.15, 0.2) is 9.84 Å².